The van der Waals surface area contributed by atoms with Crippen molar-refractivity contribution in [3.63, 3.8) is 0 Å². The van der Waals surface area contributed by atoms with E-state index < -0.39 is 52.8 Å². The molecule has 63 heavy (non-hydrogen) atoms. The molecular formula is C51H65ClO9Si2. The standard InChI is InChI=1S/C51H65ClO9Si2/c1-13-62(14-2,31(5)6)58-29-41-39-20-21-42(53)47(40(39)28-43(56-12)48(41)52)49(54)59-38-26-36-18-17-19-44(61-63(15-3,16-4)32(7)8)51(55,23-22-37(36)27-38)45-30-57-50(60-45)46-34(10)24-33(9)25-35(46)11/h18,20-21,24-25,27-28,31-32,38,44-45,50,53,55H,13-16,26,29-30H2,1-12H3/b36-18-/t38-,44+,45-,50+,51+/m0/s1. The molecule has 0 amide bonds. The predicted molar refractivity (Wildman–Crippen MR) is 255 cm³/mol. The summed E-state index contributed by atoms with van der Waals surface area (Å²) < 4.78 is 38.6. The number of phenols is 1. The number of carbonyl (C=O) groups is 1. The maximum absolute atomic E-state index is 14.2. The Labute approximate surface area is 381 Å². The minimum Gasteiger partial charge on any atom is -0.507 e. The molecule has 0 spiro atoms. The van der Waals surface area contributed by atoms with E-state index in [2.05, 4.69) is 98.1 Å². The number of carbonyl (C=O) groups excluding carboxylic acids is 1. The number of ether oxygens (including phenoxy) is 4. The fraction of sp³-hybridized carbons (Fsp3) is 0.510. The molecule has 1 aliphatic heterocycles. The van der Waals surface area contributed by atoms with E-state index in [0.717, 1.165) is 52.0 Å². The summed E-state index contributed by atoms with van der Waals surface area (Å²) in [5.41, 5.74) is 4.92. The number of hydrogen-bond acceptors (Lipinski definition) is 9. The van der Waals surface area contributed by atoms with E-state index in [4.69, 9.17) is 39.4 Å². The first-order chi connectivity index (χ1) is 29.9. The quantitative estimate of drug-likeness (QED) is 0.0824. The number of phenolic OH excluding ortho intramolecular Hbond substituents is 1. The number of benzene rings is 3. The van der Waals surface area contributed by atoms with Gasteiger partial charge in [0.2, 0.25) is 0 Å². The summed E-state index contributed by atoms with van der Waals surface area (Å²) in [7, 11) is -3.01. The van der Waals surface area contributed by atoms with Crippen LogP contribution in [0.2, 0.25) is 40.3 Å². The van der Waals surface area contributed by atoms with E-state index in [9.17, 15) is 15.0 Å². The molecule has 2 aliphatic carbocycles. The van der Waals surface area contributed by atoms with Crippen LogP contribution in [0.4, 0.5) is 0 Å². The second-order valence-corrected chi connectivity index (χ2v) is 28.2. The van der Waals surface area contributed by atoms with Crippen LogP contribution in [0.5, 0.6) is 11.5 Å². The van der Waals surface area contributed by atoms with Gasteiger partial charge in [-0.3, -0.25) is 0 Å². The second kappa shape index (κ2) is 19.7. The molecule has 12 heteroatoms. The molecule has 2 N–H and O–H groups in total. The Hall–Kier alpha value is -3.89. The van der Waals surface area contributed by atoms with E-state index in [1.165, 1.54) is 13.2 Å². The fourth-order valence-electron chi connectivity index (χ4n) is 9.72. The summed E-state index contributed by atoms with van der Waals surface area (Å²) in [6, 6.07) is 12.7. The molecule has 6 rings (SSSR count). The minimum absolute atomic E-state index is 0.00700. The van der Waals surface area contributed by atoms with E-state index in [-0.39, 0.29) is 36.5 Å². The van der Waals surface area contributed by atoms with Crippen molar-refractivity contribution in [1.29, 1.82) is 0 Å². The number of hydrogen-bond donors (Lipinski definition) is 2. The molecule has 0 radical (unpaired) electrons. The Kier molecular flexibility index (Phi) is 15.2. The van der Waals surface area contributed by atoms with Gasteiger partial charge in [-0.1, -0.05) is 114 Å². The van der Waals surface area contributed by atoms with Crippen molar-refractivity contribution in [2.75, 3.05) is 13.7 Å². The maximum atomic E-state index is 14.2. The summed E-state index contributed by atoms with van der Waals surface area (Å²) in [5.74, 6) is 12.3. The van der Waals surface area contributed by atoms with Gasteiger partial charge >= 0.3 is 5.97 Å². The van der Waals surface area contributed by atoms with Gasteiger partial charge < -0.3 is 38.0 Å². The highest BCUT2D eigenvalue weighted by molar-refractivity contribution is 6.75. The average Bonchev–Trinajstić information content (AvgIpc) is 3.89. The third-order valence-corrected chi connectivity index (χ3v) is 24.7. The highest BCUT2D eigenvalue weighted by atomic mass is 35.5. The third kappa shape index (κ3) is 9.46. The summed E-state index contributed by atoms with van der Waals surface area (Å²) in [5, 5.41) is 25.6. The first kappa shape index (κ1) is 48.6. The SMILES string of the molecule is CC[Si](CC)(OCc1c(Cl)c(OC)cc2c(C(=O)O[C@@H]3C=C4C#C[C@](O)([C@@H]5CO[C@@H](c6c(C)cc(C)cc6C)O5)[C@H](O[Si](CC)(CC)C(C)C)C#C/C=C\4C3)c(O)ccc12)C(C)C. The van der Waals surface area contributed by atoms with Gasteiger partial charge in [-0.2, -0.15) is 0 Å². The number of halogens is 1. The summed E-state index contributed by atoms with van der Waals surface area (Å²) in [6.45, 7) is 23.8. The monoisotopic (exact) mass is 912 g/mol. The van der Waals surface area contributed by atoms with Gasteiger partial charge in [-0.25, -0.2) is 4.79 Å². The summed E-state index contributed by atoms with van der Waals surface area (Å²) in [6.07, 6.45) is 0.504. The molecule has 1 fully saturated rings. The Morgan fingerprint density at radius 1 is 0.968 bits per heavy atom. The lowest BCUT2D eigenvalue weighted by Crippen LogP contribution is -2.57. The lowest BCUT2D eigenvalue weighted by molar-refractivity contribution is -0.123. The molecule has 0 saturated carbocycles. The Morgan fingerprint density at radius 2 is 1.62 bits per heavy atom. The van der Waals surface area contributed by atoms with Crippen LogP contribution in [-0.4, -0.2) is 70.4 Å². The first-order valence-electron chi connectivity index (χ1n) is 22.5. The highest BCUT2D eigenvalue weighted by Crippen LogP contribution is 2.43. The van der Waals surface area contributed by atoms with E-state index in [0.29, 0.717) is 38.2 Å². The van der Waals surface area contributed by atoms with Crippen molar-refractivity contribution < 1.29 is 42.8 Å². The van der Waals surface area contributed by atoms with Crippen LogP contribution < -0.4 is 4.74 Å². The second-order valence-electron chi connectivity index (χ2n) is 17.9. The summed E-state index contributed by atoms with van der Waals surface area (Å²) >= 11 is 6.94. The average molecular weight is 914 g/mol. The van der Waals surface area contributed by atoms with Gasteiger partial charge in [0, 0.05) is 28.5 Å². The molecule has 0 aromatic heterocycles. The molecule has 0 bridgehead atoms. The number of aromatic hydroxyl groups is 1. The van der Waals surface area contributed by atoms with E-state index >= 15 is 0 Å². The van der Waals surface area contributed by atoms with Crippen LogP contribution in [0, 0.1) is 44.5 Å². The normalized spacial score (nSPS) is 23.2. The van der Waals surface area contributed by atoms with Gasteiger partial charge in [-0.15, -0.1) is 0 Å². The Bertz CT molecular complexity index is 2390. The molecule has 9 nitrogen and oxygen atoms in total. The zero-order chi connectivity index (χ0) is 46.0. The lowest BCUT2D eigenvalue weighted by Gasteiger charge is -2.41. The molecule has 5 atom stereocenters. The van der Waals surface area contributed by atoms with Crippen molar-refractivity contribution in [2.45, 2.75) is 155 Å². The molecule has 0 unspecified atom stereocenters. The summed E-state index contributed by atoms with van der Waals surface area (Å²) in [4.78, 5) is 14.2. The number of fused-ring (bicyclic) bond motifs is 2. The van der Waals surface area contributed by atoms with Crippen LogP contribution in [0.25, 0.3) is 10.8 Å². The molecule has 1 heterocycles. The van der Waals surface area contributed by atoms with Crippen molar-refractivity contribution in [1.82, 2.24) is 0 Å². The molecule has 1 saturated heterocycles. The van der Waals surface area contributed by atoms with Crippen molar-refractivity contribution in [3.05, 3.63) is 92.0 Å². The number of allylic oxidation sites excluding steroid dienone is 2. The van der Waals surface area contributed by atoms with E-state index in [1.807, 2.05) is 13.8 Å². The third-order valence-electron chi connectivity index (χ3n) is 13.9. The van der Waals surface area contributed by atoms with Crippen molar-refractivity contribution in [2.24, 2.45) is 0 Å². The number of rotatable bonds is 16. The Balaban J connectivity index is 1.35. The van der Waals surface area contributed by atoms with Crippen LogP contribution in [-0.2, 0) is 29.7 Å². The van der Waals surface area contributed by atoms with Crippen LogP contribution >= 0.6 is 11.6 Å². The Morgan fingerprint density at radius 3 is 2.22 bits per heavy atom. The van der Waals surface area contributed by atoms with Gasteiger partial charge in [-0.05, 0) is 102 Å². The molecule has 3 aromatic carbocycles. The number of esters is 1. The zero-order valence-corrected chi connectivity index (χ0v) is 41.8. The first-order valence-corrected chi connectivity index (χ1v) is 27.6. The van der Waals surface area contributed by atoms with Crippen LogP contribution in [0.3, 0.4) is 0 Å². The molecular weight excluding hydrogens is 848 g/mol. The van der Waals surface area contributed by atoms with Crippen molar-refractivity contribution in [3.8, 4) is 35.2 Å². The lowest BCUT2D eigenvalue weighted by atomic mass is 9.90. The van der Waals surface area contributed by atoms with Crippen LogP contribution in [0.1, 0.15) is 106 Å². The number of methoxy groups -OCH3 is 1. The van der Waals surface area contributed by atoms with Gasteiger partial charge in [0.15, 0.2) is 34.6 Å². The van der Waals surface area contributed by atoms with Gasteiger partial charge in [0.1, 0.15) is 29.3 Å². The predicted octanol–water partition coefficient (Wildman–Crippen LogP) is 11.5. The number of aryl methyl sites for hydroxylation is 3. The van der Waals surface area contributed by atoms with Crippen LogP contribution in [0.15, 0.2) is 53.6 Å². The molecule has 3 aromatic rings. The van der Waals surface area contributed by atoms with E-state index in [1.54, 1.807) is 24.3 Å². The fourth-order valence-corrected chi connectivity index (χ4v) is 16.8. The minimum atomic E-state index is -2.42. The van der Waals surface area contributed by atoms with Crippen molar-refractivity contribution >= 4 is 45.0 Å². The highest BCUT2D eigenvalue weighted by Gasteiger charge is 2.52. The maximum Gasteiger partial charge on any atom is 0.343 e. The topological polar surface area (TPSA) is 113 Å². The smallest absolute Gasteiger partial charge is 0.343 e. The largest absolute Gasteiger partial charge is 0.507 e. The number of aliphatic hydroxyl groups is 1. The molecule has 338 valence electrons. The molecule has 3 aliphatic rings. The zero-order valence-electron chi connectivity index (χ0n) is 39.1. The van der Waals surface area contributed by atoms with Gasteiger partial charge in [0.05, 0.1) is 25.3 Å². The van der Waals surface area contributed by atoms with Gasteiger partial charge in [0.25, 0.3) is 0 Å².